The lowest BCUT2D eigenvalue weighted by atomic mass is 10.2. The molecule has 2 fully saturated rings. The number of phenolic OH excluding ortho intramolecular Hbond substituents is 1. The van der Waals surface area contributed by atoms with Crippen LogP contribution in [-0.2, 0) is 6.54 Å². The third-order valence-corrected chi connectivity index (χ3v) is 6.23. The minimum absolute atomic E-state index is 0.0939. The Morgan fingerprint density at radius 2 is 1.85 bits per heavy atom. The Labute approximate surface area is 197 Å². The molecule has 1 aromatic carbocycles. The van der Waals surface area contributed by atoms with Crippen molar-refractivity contribution < 1.29 is 9.84 Å². The first-order valence-corrected chi connectivity index (χ1v) is 11.6. The zero-order valence-electron chi connectivity index (χ0n) is 18.5. The lowest BCUT2D eigenvalue weighted by Gasteiger charge is -2.28. The summed E-state index contributed by atoms with van der Waals surface area (Å²) in [5.74, 6) is 2.44. The van der Waals surface area contributed by atoms with Crippen molar-refractivity contribution in [2.24, 2.45) is 0 Å². The predicted molar refractivity (Wildman–Crippen MR) is 129 cm³/mol. The third kappa shape index (κ3) is 4.53. The molecule has 3 N–H and O–H groups in total. The number of benzene rings is 1. The van der Waals surface area contributed by atoms with Gasteiger partial charge in [0.05, 0.1) is 7.11 Å². The number of fused-ring (bicyclic) bond motifs is 1. The molecule has 0 bridgehead atoms. The zero-order chi connectivity index (χ0) is 22.8. The first-order chi connectivity index (χ1) is 16.1. The van der Waals surface area contributed by atoms with Crippen LogP contribution in [0.15, 0.2) is 18.2 Å². The number of methoxy groups -OCH3 is 1. The molecule has 0 saturated carbocycles. The van der Waals surface area contributed by atoms with E-state index in [0.29, 0.717) is 35.2 Å². The molecule has 0 spiro atoms. The monoisotopic (exact) mass is 470 g/mol. The highest BCUT2D eigenvalue weighted by atomic mass is 35.5. The number of aromatic hydroxyl groups is 1. The van der Waals surface area contributed by atoms with Gasteiger partial charge in [-0.25, -0.2) is 9.97 Å². The van der Waals surface area contributed by atoms with Gasteiger partial charge in [0.1, 0.15) is 0 Å². The summed E-state index contributed by atoms with van der Waals surface area (Å²) >= 11 is 6.53. The number of aromatic nitrogens is 4. The zero-order valence-corrected chi connectivity index (χ0v) is 19.3. The number of rotatable bonds is 6. The normalized spacial score (nSPS) is 16.4. The molecule has 0 atom stereocenters. The SMILES string of the molecule is COc1cc(CNc2nc3nc(N4CCNCC4)nc(N4CCCC4)c3nc2Cl)ccc1O. The van der Waals surface area contributed by atoms with Crippen molar-refractivity contribution in [1.29, 1.82) is 0 Å². The number of nitrogens with one attached hydrogen (secondary N) is 2. The summed E-state index contributed by atoms with van der Waals surface area (Å²) in [5, 5.41) is 16.7. The van der Waals surface area contributed by atoms with Crippen molar-refractivity contribution >= 4 is 40.3 Å². The highest BCUT2D eigenvalue weighted by Crippen LogP contribution is 2.31. The molecular formula is C22H27ClN8O2. The maximum Gasteiger partial charge on any atom is 0.229 e. The molecule has 5 rings (SSSR count). The Morgan fingerprint density at radius 1 is 1.06 bits per heavy atom. The van der Waals surface area contributed by atoms with Crippen LogP contribution in [0.25, 0.3) is 11.2 Å². The molecule has 0 amide bonds. The largest absolute Gasteiger partial charge is 0.504 e. The summed E-state index contributed by atoms with van der Waals surface area (Å²) < 4.78 is 5.19. The fourth-order valence-electron chi connectivity index (χ4n) is 4.19. The van der Waals surface area contributed by atoms with Crippen LogP contribution < -0.4 is 25.2 Å². The summed E-state index contributed by atoms with van der Waals surface area (Å²) in [6.45, 7) is 5.81. The molecule has 2 aliphatic heterocycles. The van der Waals surface area contributed by atoms with Crippen LogP contribution in [0.4, 0.5) is 17.6 Å². The fraction of sp³-hybridized carbons (Fsp3) is 0.455. The molecular weight excluding hydrogens is 444 g/mol. The van der Waals surface area contributed by atoms with Gasteiger partial charge in [0.2, 0.25) is 5.95 Å². The maximum atomic E-state index is 9.82. The fourth-order valence-corrected chi connectivity index (χ4v) is 4.38. The summed E-state index contributed by atoms with van der Waals surface area (Å²) in [6.07, 6.45) is 2.26. The van der Waals surface area contributed by atoms with Crippen molar-refractivity contribution in [2.75, 3.05) is 61.5 Å². The van der Waals surface area contributed by atoms with E-state index in [4.69, 9.17) is 31.3 Å². The Morgan fingerprint density at radius 3 is 2.61 bits per heavy atom. The third-order valence-electron chi connectivity index (χ3n) is 5.97. The van der Waals surface area contributed by atoms with Crippen molar-refractivity contribution in [3.63, 3.8) is 0 Å². The van der Waals surface area contributed by atoms with E-state index in [2.05, 4.69) is 25.4 Å². The van der Waals surface area contributed by atoms with Crippen LogP contribution in [0.5, 0.6) is 11.5 Å². The van der Waals surface area contributed by atoms with Crippen LogP contribution in [0.2, 0.25) is 5.15 Å². The Hall–Kier alpha value is -3.11. The van der Waals surface area contributed by atoms with E-state index < -0.39 is 0 Å². The standard InChI is InChI=1S/C22H27ClN8O2/c1-33-16-12-14(4-5-15(16)32)13-25-20-18(23)26-17-19(27-20)28-22(31-10-6-24-7-11-31)29-21(17)30-8-2-3-9-30/h4-5,12,24,32H,2-3,6-11,13H2,1H3,(H,25,27,28,29). The molecule has 2 aromatic heterocycles. The van der Waals surface area contributed by atoms with Crippen LogP contribution in [0, 0.1) is 0 Å². The molecule has 2 aliphatic rings. The van der Waals surface area contributed by atoms with Gasteiger partial charge >= 0.3 is 0 Å². The minimum atomic E-state index is 0.0939. The van der Waals surface area contributed by atoms with Gasteiger partial charge in [-0.3, -0.25) is 0 Å². The highest BCUT2D eigenvalue weighted by molar-refractivity contribution is 6.32. The number of anilines is 3. The van der Waals surface area contributed by atoms with E-state index in [1.165, 1.54) is 7.11 Å². The Kier molecular flexibility index (Phi) is 6.19. The average molecular weight is 471 g/mol. The summed E-state index contributed by atoms with van der Waals surface area (Å²) in [5.41, 5.74) is 2.05. The Balaban J connectivity index is 1.49. The summed E-state index contributed by atoms with van der Waals surface area (Å²) in [7, 11) is 1.52. The van der Waals surface area contributed by atoms with Crippen molar-refractivity contribution in [3.8, 4) is 11.5 Å². The van der Waals surface area contributed by atoms with Crippen molar-refractivity contribution in [2.45, 2.75) is 19.4 Å². The van der Waals surface area contributed by atoms with Crippen LogP contribution in [0.3, 0.4) is 0 Å². The topological polar surface area (TPSA) is 112 Å². The molecule has 4 heterocycles. The number of phenols is 1. The lowest BCUT2D eigenvalue weighted by Crippen LogP contribution is -2.44. The van der Waals surface area contributed by atoms with Gasteiger partial charge in [0, 0.05) is 45.8 Å². The first-order valence-electron chi connectivity index (χ1n) is 11.2. The number of hydrogen-bond donors (Lipinski definition) is 3. The number of ether oxygens (including phenoxy) is 1. The Bertz CT molecular complexity index is 1150. The number of nitrogens with zero attached hydrogens (tertiary/aromatic N) is 6. The van der Waals surface area contributed by atoms with Gasteiger partial charge in [-0.05, 0) is 30.5 Å². The van der Waals surface area contributed by atoms with E-state index in [1.807, 2.05) is 6.07 Å². The maximum absolute atomic E-state index is 9.82. The second-order valence-electron chi connectivity index (χ2n) is 8.17. The smallest absolute Gasteiger partial charge is 0.229 e. The summed E-state index contributed by atoms with van der Waals surface area (Å²) in [4.78, 5) is 23.5. The van der Waals surface area contributed by atoms with Gasteiger partial charge in [-0.15, -0.1) is 0 Å². The molecule has 0 radical (unpaired) electrons. The highest BCUT2D eigenvalue weighted by Gasteiger charge is 2.24. The quantitative estimate of drug-likeness (QED) is 0.496. The summed E-state index contributed by atoms with van der Waals surface area (Å²) in [6, 6.07) is 5.17. The van der Waals surface area contributed by atoms with E-state index >= 15 is 0 Å². The number of hydrogen-bond acceptors (Lipinski definition) is 10. The minimum Gasteiger partial charge on any atom is -0.504 e. The van der Waals surface area contributed by atoms with Crippen molar-refractivity contribution in [3.05, 3.63) is 28.9 Å². The van der Waals surface area contributed by atoms with E-state index in [0.717, 1.165) is 63.5 Å². The van der Waals surface area contributed by atoms with Crippen LogP contribution in [-0.4, -0.2) is 71.4 Å². The van der Waals surface area contributed by atoms with Gasteiger partial charge < -0.3 is 30.3 Å². The van der Waals surface area contributed by atoms with Crippen LogP contribution in [0.1, 0.15) is 18.4 Å². The molecule has 2 saturated heterocycles. The molecule has 3 aromatic rings. The molecule has 33 heavy (non-hydrogen) atoms. The second kappa shape index (κ2) is 9.40. The molecule has 11 heteroatoms. The number of halogens is 1. The van der Waals surface area contributed by atoms with Crippen LogP contribution >= 0.6 is 11.6 Å². The molecule has 0 aliphatic carbocycles. The average Bonchev–Trinajstić information content (AvgIpc) is 3.38. The second-order valence-corrected chi connectivity index (χ2v) is 8.53. The van der Waals surface area contributed by atoms with Crippen molar-refractivity contribution in [1.82, 2.24) is 25.3 Å². The van der Waals surface area contributed by atoms with Gasteiger partial charge in [-0.1, -0.05) is 17.7 Å². The molecule has 10 nitrogen and oxygen atoms in total. The molecule has 0 unspecified atom stereocenters. The van der Waals surface area contributed by atoms with Gasteiger partial charge in [0.15, 0.2) is 39.5 Å². The first kappa shape index (κ1) is 21.7. The lowest BCUT2D eigenvalue weighted by molar-refractivity contribution is 0.373. The number of piperazine rings is 1. The van der Waals surface area contributed by atoms with E-state index in [-0.39, 0.29) is 10.9 Å². The predicted octanol–water partition coefficient (Wildman–Crippen LogP) is 2.41. The van der Waals surface area contributed by atoms with E-state index in [1.54, 1.807) is 12.1 Å². The molecule has 174 valence electrons. The van der Waals surface area contributed by atoms with Gasteiger partial charge in [0.25, 0.3) is 0 Å². The van der Waals surface area contributed by atoms with Gasteiger partial charge in [-0.2, -0.15) is 9.97 Å². The van der Waals surface area contributed by atoms with E-state index in [9.17, 15) is 5.11 Å².